The second kappa shape index (κ2) is 33.2. The number of benzene rings is 7. The summed E-state index contributed by atoms with van der Waals surface area (Å²) in [5.41, 5.74) is 9.40. The number of nitrogens with one attached hydrogen (secondary N) is 4. The molecule has 2 heterocycles. The molecule has 3 unspecified atom stereocenters. The van der Waals surface area contributed by atoms with Gasteiger partial charge in [0.2, 0.25) is 11.8 Å². The lowest BCUT2D eigenvalue weighted by Gasteiger charge is -2.32. The molecule has 14 nitrogen and oxygen atoms in total. The van der Waals surface area contributed by atoms with Crippen molar-refractivity contribution in [2.24, 2.45) is 0 Å². The van der Waals surface area contributed by atoms with Gasteiger partial charge in [-0.2, -0.15) is 0 Å². The van der Waals surface area contributed by atoms with Crippen molar-refractivity contribution in [1.29, 1.82) is 0 Å². The van der Waals surface area contributed by atoms with Crippen LogP contribution in [-0.4, -0.2) is 84.7 Å². The Morgan fingerprint density at radius 1 is 0.690 bits per heavy atom. The van der Waals surface area contributed by atoms with Crippen molar-refractivity contribution in [3.05, 3.63) is 252 Å². The number of hydrogen-bond donors (Lipinski definition) is 5. The molecule has 0 saturated carbocycles. The smallest absolute Gasteiger partial charge is 0.329 e. The topological polar surface area (TPSA) is 177 Å². The molecule has 5 N–H and O–H groups in total. The number of ether oxygens (including phenoxy) is 4. The van der Waals surface area contributed by atoms with E-state index in [9.17, 15) is 19.5 Å². The predicted molar refractivity (Wildman–Crippen MR) is 329 cm³/mol. The van der Waals surface area contributed by atoms with Gasteiger partial charge in [-0.15, -0.1) is 0 Å². The molecule has 9 rings (SSSR count). The Labute approximate surface area is 494 Å². The highest BCUT2D eigenvalue weighted by atomic mass is 16.5. The van der Waals surface area contributed by atoms with E-state index in [2.05, 4.69) is 70.4 Å². The maximum Gasteiger partial charge on any atom is 0.329 e. The predicted octanol–water partition coefficient (Wildman–Crippen LogP) is 10.4. The number of aliphatic hydroxyl groups is 1. The number of aryl methyl sites for hydroxylation is 1. The lowest BCUT2D eigenvalue weighted by Crippen LogP contribution is -2.55. The lowest BCUT2D eigenvalue weighted by atomic mass is 9.95. The van der Waals surface area contributed by atoms with E-state index in [1.54, 1.807) is 18.9 Å². The summed E-state index contributed by atoms with van der Waals surface area (Å²) < 4.78 is 23.3. The molecule has 0 radical (unpaired) electrons. The van der Waals surface area contributed by atoms with Crippen molar-refractivity contribution < 1.29 is 43.2 Å². The fraction of sp³-hybridized carbons (Fsp3) is 0.286. The van der Waals surface area contributed by atoms with Crippen LogP contribution in [0.4, 0.5) is 0 Å². The number of likely N-dealkylation sites (tertiary alicyclic amines) is 1. The van der Waals surface area contributed by atoms with E-state index in [-0.39, 0.29) is 44.2 Å². The standard InChI is InChI=1S/C54H61N5O7.C8H8O2.C8H10/c1-36(2)56-47-29-43-27-41(22-24-50(43)64-33-38-15-8-5-9-16-38)42-23-25-51(65-34-39-17-10-6-11-18-39)44(28-42)30-48(57-37(3)46(58-52(47)61)31-45(60)32-55-4)53(62)59-26-14-21-49(59)54(63)66-35-40-19-12-7-13-20-40;9-7-10-6-8-4-2-1-3-5-8;1-2-8-6-4-3-5-7-8/h5-13,15-20,22-25,27-28,45-49,55-57,60H,1,3,14,21,26,29-35H2,2,4H3,(H,58,61);1-5,7H,6H2;3-7H,2H2,1H3/t45-,46+,47?,48?,49?;;/m1../s1. The lowest BCUT2D eigenvalue weighted by molar-refractivity contribution is -0.155. The first-order valence-electron chi connectivity index (χ1n) is 28.6. The minimum absolute atomic E-state index is 0.0825. The number of rotatable bonds is 20. The number of nitrogens with zero attached hydrogens (tertiary/aromatic N) is 1. The van der Waals surface area contributed by atoms with E-state index >= 15 is 4.79 Å². The molecule has 2 amide bonds. The van der Waals surface area contributed by atoms with E-state index in [0.717, 1.165) is 50.9 Å². The molecule has 2 aliphatic heterocycles. The van der Waals surface area contributed by atoms with Crippen LogP contribution in [-0.2, 0) is 74.3 Å². The Morgan fingerprint density at radius 3 is 1.65 bits per heavy atom. The average molecular weight is 1130 g/mol. The van der Waals surface area contributed by atoms with Gasteiger partial charge in [0.25, 0.3) is 6.47 Å². The quantitative estimate of drug-likeness (QED) is 0.0361. The largest absolute Gasteiger partial charge is 0.489 e. The van der Waals surface area contributed by atoms with Gasteiger partial charge in [0.05, 0.1) is 12.1 Å². The Bertz CT molecular complexity index is 3180. The van der Waals surface area contributed by atoms with Crippen molar-refractivity contribution in [2.75, 3.05) is 20.1 Å². The zero-order valence-electron chi connectivity index (χ0n) is 48.4. The Kier molecular flexibility index (Phi) is 24.8. The first-order chi connectivity index (χ1) is 40.9. The Balaban J connectivity index is 0.000000477. The van der Waals surface area contributed by atoms with E-state index in [1.165, 1.54) is 5.56 Å². The zero-order chi connectivity index (χ0) is 59.5. The van der Waals surface area contributed by atoms with Crippen molar-refractivity contribution >= 4 is 24.3 Å². The third kappa shape index (κ3) is 19.6. The maximum atomic E-state index is 15.1. The SMILES string of the molecule is C=C(C)NC1Cc2cc(ccc2OCc2ccccc2)-c2ccc(OCc3ccccc3)c(c2)CC(C(=O)N2CCCC2C(=O)OCc2ccccc2)NC(=C)[C@H](C[C@@H](O)CNC)NC1=O.CCc1ccccc1.O=COCc1ccccc1. The maximum absolute atomic E-state index is 15.1. The van der Waals surface area contributed by atoms with Gasteiger partial charge in [0, 0.05) is 43.7 Å². The van der Waals surface area contributed by atoms with Crippen LogP contribution in [0.2, 0.25) is 0 Å². The van der Waals surface area contributed by atoms with Crippen LogP contribution < -0.4 is 30.7 Å². The second-order valence-electron chi connectivity index (χ2n) is 20.8. The molecule has 4 bridgehead atoms. The molecule has 5 atom stereocenters. The van der Waals surface area contributed by atoms with Crippen molar-refractivity contribution in [3.63, 3.8) is 0 Å². The van der Waals surface area contributed by atoms with Crippen LogP contribution in [0.5, 0.6) is 11.5 Å². The van der Waals surface area contributed by atoms with E-state index in [4.69, 9.17) is 14.2 Å². The number of carbonyl (C=O) groups is 4. The molecular formula is C70H79N5O9. The fourth-order valence-corrected chi connectivity index (χ4v) is 9.93. The van der Waals surface area contributed by atoms with Crippen LogP contribution in [0.1, 0.15) is 72.1 Å². The van der Waals surface area contributed by atoms with Gasteiger partial charge < -0.3 is 50.2 Å². The summed E-state index contributed by atoms with van der Waals surface area (Å²) in [4.78, 5) is 54.8. The highest BCUT2D eigenvalue weighted by molar-refractivity contribution is 5.89. The van der Waals surface area contributed by atoms with Crippen LogP contribution in [0.15, 0.2) is 213 Å². The number of carbonyl (C=O) groups excluding carboxylic acids is 4. The minimum atomic E-state index is -0.978. The second-order valence-corrected chi connectivity index (χ2v) is 20.8. The molecule has 7 aromatic rings. The van der Waals surface area contributed by atoms with Gasteiger partial charge in [-0.1, -0.05) is 184 Å². The number of amides is 2. The van der Waals surface area contributed by atoms with E-state index in [1.807, 2.05) is 164 Å². The molecule has 438 valence electrons. The van der Waals surface area contributed by atoms with Crippen molar-refractivity contribution in [2.45, 2.75) is 109 Å². The molecule has 0 aliphatic carbocycles. The summed E-state index contributed by atoms with van der Waals surface area (Å²) in [7, 11) is 1.74. The number of hydrogen-bond acceptors (Lipinski definition) is 12. The van der Waals surface area contributed by atoms with Gasteiger partial charge in [-0.05, 0) is 108 Å². The number of likely N-dealkylation sites (N-methyl/N-ethyl adjacent to an activating group) is 1. The number of aliphatic hydroxyl groups excluding tert-OH is 1. The number of esters is 1. The van der Waals surface area contributed by atoms with Crippen LogP contribution >= 0.6 is 0 Å². The first-order valence-corrected chi connectivity index (χ1v) is 28.6. The zero-order valence-corrected chi connectivity index (χ0v) is 48.4. The molecule has 14 heteroatoms. The molecule has 2 aliphatic rings. The van der Waals surface area contributed by atoms with Crippen molar-refractivity contribution in [3.8, 4) is 22.6 Å². The molecule has 1 saturated heterocycles. The Hall–Kier alpha value is -8.98. The van der Waals surface area contributed by atoms with Gasteiger partial charge >= 0.3 is 5.97 Å². The number of allylic oxidation sites excluding steroid dienone is 1. The van der Waals surface area contributed by atoms with Crippen molar-refractivity contribution in [1.82, 2.24) is 26.2 Å². The van der Waals surface area contributed by atoms with E-state index < -0.39 is 36.2 Å². The third-order valence-corrected chi connectivity index (χ3v) is 14.3. The summed E-state index contributed by atoms with van der Waals surface area (Å²) in [5, 5.41) is 24.0. The summed E-state index contributed by atoms with van der Waals surface area (Å²) in [6.07, 6.45) is 1.76. The minimum Gasteiger partial charge on any atom is -0.489 e. The highest BCUT2D eigenvalue weighted by Gasteiger charge is 2.39. The Morgan fingerprint density at radius 2 is 1.18 bits per heavy atom. The van der Waals surface area contributed by atoms with Gasteiger partial charge in [-0.25, -0.2) is 4.79 Å². The summed E-state index contributed by atoms with van der Waals surface area (Å²) in [6, 6.07) is 57.7. The average Bonchev–Trinajstić information content (AvgIpc) is 3.57. The van der Waals surface area contributed by atoms with Crippen LogP contribution in [0, 0.1) is 0 Å². The summed E-state index contributed by atoms with van der Waals surface area (Å²) in [5.74, 6) is 0.0384. The summed E-state index contributed by atoms with van der Waals surface area (Å²) in [6.45, 7) is 14.6. The van der Waals surface area contributed by atoms with E-state index in [0.29, 0.717) is 68.6 Å². The van der Waals surface area contributed by atoms with Gasteiger partial charge in [0.1, 0.15) is 56.1 Å². The molecule has 1 fully saturated rings. The first kappa shape index (κ1) is 62.6. The normalized spacial score (nSPS) is 16.8. The molecule has 84 heavy (non-hydrogen) atoms. The molecule has 7 aromatic carbocycles. The molecular weight excluding hydrogens is 1050 g/mol. The molecule has 0 spiro atoms. The number of fused-ring (bicyclic) bond motifs is 5. The van der Waals surface area contributed by atoms with Gasteiger partial charge in [0.15, 0.2) is 0 Å². The van der Waals surface area contributed by atoms with Gasteiger partial charge in [-0.3, -0.25) is 14.4 Å². The third-order valence-electron chi connectivity index (χ3n) is 14.3. The van der Waals surface area contributed by atoms with Crippen LogP contribution in [0.25, 0.3) is 11.1 Å². The summed E-state index contributed by atoms with van der Waals surface area (Å²) >= 11 is 0. The molecule has 0 aromatic heterocycles. The fourth-order valence-electron chi connectivity index (χ4n) is 9.93. The monoisotopic (exact) mass is 1130 g/mol. The van der Waals surface area contributed by atoms with Crippen LogP contribution in [0.3, 0.4) is 0 Å². The highest BCUT2D eigenvalue weighted by Crippen LogP contribution is 2.34.